The lowest BCUT2D eigenvalue weighted by atomic mass is 9.84. The molecule has 13 heavy (non-hydrogen) atoms. The van der Waals surface area contributed by atoms with E-state index >= 15 is 0 Å². The molecule has 1 N–H and O–H groups in total. The number of hydrogen-bond donors (Lipinski definition) is 1. The zero-order valence-electron chi connectivity index (χ0n) is 8.29. The molecule has 1 rings (SSSR count). The van der Waals surface area contributed by atoms with Crippen LogP contribution in [-0.2, 0) is 10.2 Å². The minimum absolute atomic E-state index is 0.0405. The van der Waals surface area contributed by atoms with Crippen LogP contribution in [0.15, 0.2) is 30.3 Å². The number of benzene rings is 1. The molecule has 0 aromatic heterocycles. The molecule has 0 aliphatic heterocycles. The Labute approximate surface area is 79.0 Å². The third-order valence-electron chi connectivity index (χ3n) is 2.29. The van der Waals surface area contributed by atoms with Gasteiger partial charge in [-0.1, -0.05) is 30.3 Å². The van der Waals surface area contributed by atoms with Gasteiger partial charge in [-0.15, -0.1) is 0 Å². The van der Waals surface area contributed by atoms with Gasteiger partial charge in [-0.2, -0.15) is 0 Å². The number of likely N-dealkylation sites (N-methyl/N-ethyl adjacent to an activating group) is 1. The SMILES string of the molecule is CNC(=O)C(C)(C)c1ccccc1. The van der Waals surface area contributed by atoms with Crippen molar-refractivity contribution in [2.75, 3.05) is 7.05 Å². The van der Waals surface area contributed by atoms with Crippen LogP contribution < -0.4 is 5.32 Å². The first-order valence-corrected chi connectivity index (χ1v) is 4.36. The van der Waals surface area contributed by atoms with Gasteiger partial charge in [-0.3, -0.25) is 4.79 Å². The Hall–Kier alpha value is -1.31. The zero-order chi connectivity index (χ0) is 9.90. The molecular weight excluding hydrogens is 162 g/mol. The van der Waals surface area contributed by atoms with Gasteiger partial charge >= 0.3 is 0 Å². The monoisotopic (exact) mass is 177 g/mol. The topological polar surface area (TPSA) is 29.1 Å². The van der Waals surface area contributed by atoms with Crippen LogP contribution in [0, 0.1) is 0 Å². The Morgan fingerprint density at radius 2 is 1.77 bits per heavy atom. The fraction of sp³-hybridized carbons (Fsp3) is 0.364. The summed E-state index contributed by atoms with van der Waals surface area (Å²) in [6.45, 7) is 3.84. The Kier molecular flexibility index (Phi) is 2.71. The average molecular weight is 177 g/mol. The molecule has 1 aromatic rings. The predicted molar refractivity (Wildman–Crippen MR) is 53.5 cm³/mol. The molecule has 0 aliphatic rings. The van der Waals surface area contributed by atoms with Gasteiger partial charge in [-0.05, 0) is 19.4 Å². The standard InChI is InChI=1S/C11H15NO/c1-11(2,10(13)12-3)9-7-5-4-6-8-9/h4-8H,1-3H3,(H,12,13). The molecule has 1 amide bonds. The summed E-state index contributed by atoms with van der Waals surface area (Å²) >= 11 is 0. The molecule has 0 aliphatic carbocycles. The van der Waals surface area contributed by atoms with Crippen molar-refractivity contribution in [3.8, 4) is 0 Å². The van der Waals surface area contributed by atoms with Gasteiger partial charge in [0.1, 0.15) is 0 Å². The fourth-order valence-electron chi connectivity index (χ4n) is 1.30. The molecule has 0 spiro atoms. The van der Waals surface area contributed by atoms with Crippen LogP contribution in [0.3, 0.4) is 0 Å². The smallest absolute Gasteiger partial charge is 0.229 e. The highest BCUT2D eigenvalue weighted by Crippen LogP contribution is 2.22. The highest BCUT2D eigenvalue weighted by atomic mass is 16.2. The predicted octanol–water partition coefficient (Wildman–Crippen LogP) is 1.71. The number of carbonyl (C=O) groups excluding carboxylic acids is 1. The third-order valence-corrected chi connectivity index (χ3v) is 2.29. The molecule has 0 saturated carbocycles. The molecule has 0 fully saturated rings. The minimum Gasteiger partial charge on any atom is -0.358 e. The van der Waals surface area contributed by atoms with Crippen molar-refractivity contribution >= 4 is 5.91 Å². The van der Waals surface area contributed by atoms with Gasteiger partial charge < -0.3 is 5.32 Å². The van der Waals surface area contributed by atoms with Crippen LogP contribution in [0.4, 0.5) is 0 Å². The Morgan fingerprint density at radius 1 is 1.23 bits per heavy atom. The van der Waals surface area contributed by atoms with Gasteiger partial charge in [0.2, 0.25) is 5.91 Å². The van der Waals surface area contributed by atoms with E-state index in [2.05, 4.69) is 5.32 Å². The first kappa shape index (κ1) is 9.78. The summed E-state index contributed by atoms with van der Waals surface area (Å²) in [6.07, 6.45) is 0. The maximum atomic E-state index is 11.5. The third kappa shape index (κ3) is 1.89. The van der Waals surface area contributed by atoms with Gasteiger partial charge in [0, 0.05) is 7.05 Å². The molecule has 0 heterocycles. The van der Waals surface area contributed by atoms with Gasteiger partial charge in [0.25, 0.3) is 0 Å². The summed E-state index contributed by atoms with van der Waals surface area (Å²) in [4.78, 5) is 11.5. The van der Waals surface area contributed by atoms with Crippen molar-refractivity contribution < 1.29 is 4.79 Å². The Balaban J connectivity index is 3.00. The summed E-state index contributed by atoms with van der Waals surface area (Å²) in [5.74, 6) is 0.0405. The van der Waals surface area contributed by atoms with Crippen molar-refractivity contribution in [1.82, 2.24) is 5.32 Å². The van der Waals surface area contributed by atoms with Crippen molar-refractivity contribution in [2.45, 2.75) is 19.3 Å². The van der Waals surface area contributed by atoms with Crippen molar-refractivity contribution in [3.05, 3.63) is 35.9 Å². The average Bonchev–Trinajstić information content (AvgIpc) is 2.18. The molecule has 0 unspecified atom stereocenters. The maximum absolute atomic E-state index is 11.5. The summed E-state index contributed by atoms with van der Waals surface area (Å²) in [7, 11) is 1.66. The largest absolute Gasteiger partial charge is 0.358 e. The molecule has 2 nitrogen and oxygen atoms in total. The summed E-state index contributed by atoms with van der Waals surface area (Å²) in [5.41, 5.74) is 0.588. The van der Waals surface area contributed by atoms with Crippen LogP contribution in [0.5, 0.6) is 0 Å². The van der Waals surface area contributed by atoms with E-state index in [4.69, 9.17) is 0 Å². The van der Waals surface area contributed by atoms with Crippen LogP contribution in [-0.4, -0.2) is 13.0 Å². The number of hydrogen-bond acceptors (Lipinski definition) is 1. The molecule has 0 atom stereocenters. The second kappa shape index (κ2) is 3.60. The first-order valence-electron chi connectivity index (χ1n) is 4.36. The van der Waals surface area contributed by atoms with E-state index in [1.807, 2.05) is 44.2 Å². The number of amides is 1. The first-order chi connectivity index (χ1) is 6.09. The van der Waals surface area contributed by atoms with Crippen molar-refractivity contribution in [1.29, 1.82) is 0 Å². The summed E-state index contributed by atoms with van der Waals surface area (Å²) in [6, 6.07) is 9.77. The Morgan fingerprint density at radius 3 is 2.23 bits per heavy atom. The number of rotatable bonds is 2. The number of carbonyl (C=O) groups is 1. The van der Waals surface area contributed by atoms with Crippen molar-refractivity contribution in [2.24, 2.45) is 0 Å². The second-order valence-electron chi connectivity index (χ2n) is 3.57. The molecule has 0 radical (unpaired) electrons. The van der Waals surface area contributed by atoms with E-state index in [0.717, 1.165) is 5.56 Å². The lowest BCUT2D eigenvalue weighted by Crippen LogP contribution is -2.37. The van der Waals surface area contributed by atoms with E-state index in [-0.39, 0.29) is 5.91 Å². The molecule has 2 heteroatoms. The highest BCUT2D eigenvalue weighted by Gasteiger charge is 2.28. The Bertz CT molecular complexity index is 290. The maximum Gasteiger partial charge on any atom is 0.229 e. The van der Waals surface area contributed by atoms with Crippen LogP contribution >= 0.6 is 0 Å². The van der Waals surface area contributed by atoms with Crippen molar-refractivity contribution in [3.63, 3.8) is 0 Å². The normalized spacial score (nSPS) is 11.0. The van der Waals surface area contributed by atoms with Gasteiger partial charge in [-0.25, -0.2) is 0 Å². The lowest BCUT2D eigenvalue weighted by molar-refractivity contribution is -0.125. The zero-order valence-corrected chi connectivity index (χ0v) is 8.29. The van der Waals surface area contributed by atoms with E-state index < -0.39 is 5.41 Å². The molecule has 70 valence electrons. The fourth-order valence-corrected chi connectivity index (χ4v) is 1.30. The van der Waals surface area contributed by atoms with E-state index in [0.29, 0.717) is 0 Å². The lowest BCUT2D eigenvalue weighted by Gasteiger charge is -2.22. The van der Waals surface area contributed by atoms with Gasteiger partial charge in [0.15, 0.2) is 0 Å². The molecule has 0 saturated heterocycles. The quantitative estimate of drug-likeness (QED) is 0.732. The molecule has 1 aromatic carbocycles. The van der Waals surface area contributed by atoms with Crippen LogP contribution in [0.1, 0.15) is 19.4 Å². The second-order valence-corrected chi connectivity index (χ2v) is 3.57. The van der Waals surface area contributed by atoms with Crippen LogP contribution in [0.25, 0.3) is 0 Å². The number of nitrogens with one attached hydrogen (secondary N) is 1. The van der Waals surface area contributed by atoms with Gasteiger partial charge in [0.05, 0.1) is 5.41 Å². The minimum atomic E-state index is -0.448. The highest BCUT2D eigenvalue weighted by molar-refractivity contribution is 5.86. The van der Waals surface area contributed by atoms with E-state index in [1.165, 1.54) is 0 Å². The molecule has 0 bridgehead atoms. The van der Waals surface area contributed by atoms with E-state index in [1.54, 1.807) is 7.05 Å². The summed E-state index contributed by atoms with van der Waals surface area (Å²) < 4.78 is 0. The molecular formula is C11H15NO. The summed E-state index contributed by atoms with van der Waals surface area (Å²) in [5, 5.41) is 2.66. The van der Waals surface area contributed by atoms with Crippen LogP contribution in [0.2, 0.25) is 0 Å². The van der Waals surface area contributed by atoms with E-state index in [9.17, 15) is 4.79 Å².